The summed E-state index contributed by atoms with van der Waals surface area (Å²) in [6, 6.07) is 12.3. The van der Waals surface area contributed by atoms with Crippen LogP contribution in [0.1, 0.15) is 54.5 Å². The minimum absolute atomic E-state index is 0.0373. The molecule has 1 unspecified atom stereocenters. The maximum atomic E-state index is 13.8. The number of hydrogen-bond donors (Lipinski definition) is 1. The molecule has 0 radical (unpaired) electrons. The fourth-order valence-corrected chi connectivity index (χ4v) is 5.07. The van der Waals surface area contributed by atoms with Crippen molar-refractivity contribution in [2.75, 3.05) is 46.0 Å². The van der Waals surface area contributed by atoms with E-state index in [-0.39, 0.29) is 11.3 Å². The molecule has 2 saturated heterocycles. The van der Waals surface area contributed by atoms with E-state index in [1.165, 1.54) is 4.90 Å². The highest BCUT2D eigenvalue weighted by Crippen LogP contribution is 2.39. The lowest BCUT2D eigenvalue weighted by molar-refractivity contribution is -0.908. The molecule has 0 aromatic heterocycles. The van der Waals surface area contributed by atoms with Gasteiger partial charge in [0.2, 0.25) is 5.78 Å². The lowest BCUT2D eigenvalue weighted by Gasteiger charge is -2.29. The van der Waals surface area contributed by atoms with Crippen molar-refractivity contribution in [2.24, 2.45) is 0 Å². The first kappa shape index (κ1) is 26.9. The van der Waals surface area contributed by atoms with Gasteiger partial charge in [-0.25, -0.2) is 0 Å². The maximum Gasteiger partial charge on any atom is 0.295 e. The summed E-state index contributed by atoms with van der Waals surface area (Å²) in [5, 5.41) is 13.8. The van der Waals surface area contributed by atoms with Crippen LogP contribution in [0.3, 0.4) is 0 Å². The van der Waals surface area contributed by atoms with Gasteiger partial charge in [-0.15, -0.1) is 0 Å². The van der Waals surface area contributed by atoms with Gasteiger partial charge in [0.1, 0.15) is 18.8 Å². The van der Waals surface area contributed by atoms with E-state index in [2.05, 4.69) is 6.92 Å². The summed E-state index contributed by atoms with van der Waals surface area (Å²) in [5.74, 6) is -0.980. The molecule has 1 atom stereocenters. The normalized spacial score (nSPS) is 20.0. The predicted molar refractivity (Wildman–Crippen MR) is 140 cm³/mol. The smallest absolute Gasteiger partial charge is 0.295 e. The number of hydrogen-bond acceptors (Lipinski definition) is 5. The molecule has 2 aromatic carbocycles. The Balaban J connectivity index is 1.64. The number of Topliss-reactive ketones (excluding diaryl/α,β-unsaturated/α-hetero) is 1. The topological polar surface area (TPSA) is 83.3 Å². The Hall–Kier alpha value is -3.16. The molecule has 1 N–H and O–H groups in total. The Labute approximate surface area is 219 Å². The number of nitrogens with zero attached hydrogens (tertiary/aromatic N) is 1. The van der Waals surface area contributed by atoms with E-state index in [9.17, 15) is 14.7 Å². The third-order valence-electron chi connectivity index (χ3n) is 7.26. The quantitative estimate of drug-likeness (QED) is 0.231. The van der Waals surface area contributed by atoms with Crippen LogP contribution < -0.4 is 14.7 Å². The van der Waals surface area contributed by atoms with Crippen LogP contribution in [0.2, 0.25) is 0 Å². The van der Waals surface area contributed by atoms with Crippen molar-refractivity contribution in [2.45, 2.75) is 46.1 Å². The SMILES string of the molecule is CCCCOc1ccc(C([O-])=C2C(=O)C(=O)N(CCC[NH+]3CCOCC3)C2c2ccc(C)cc2)c(C)c1. The summed E-state index contributed by atoms with van der Waals surface area (Å²) in [6.45, 7) is 11.2. The number of ketones is 1. The van der Waals surface area contributed by atoms with Gasteiger partial charge >= 0.3 is 0 Å². The molecule has 37 heavy (non-hydrogen) atoms. The highest BCUT2D eigenvalue weighted by molar-refractivity contribution is 6.46. The van der Waals surface area contributed by atoms with Crippen LogP contribution in [0.15, 0.2) is 48.0 Å². The summed E-state index contributed by atoms with van der Waals surface area (Å²) in [4.78, 5) is 29.6. The van der Waals surface area contributed by atoms with Gasteiger partial charge < -0.3 is 24.4 Å². The van der Waals surface area contributed by atoms with Gasteiger partial charge in [0.25, 0.3) is 5.91 Å². The molecule has 0 spiro atoms. The molecule has 0 aliphatic carbocycles. The molecule has 2 aromatic rings. The van der Waals surface area contributed by atoms with Gasteiger partial charge in [0, 0.05) is 18.5 Å². The average Bonchev–Trinajstić information content (AvgIpc) is 3.15. The number of rotatable bonds is 10. The molecule has 7 heteroatoms. The second-order valence-electron chi connectivity index (χ2n) is 10.0. The highest BCUT2D eigenvalue weighted by atomic mass is 16.5. The lowest BCUT2D eigenvalue weighted by Crippen LogP contribution is -3.14. The summed E-state index contributed by atoms with van der Waals surface area (Å²) in [6.07, 6.45) is 2.74. The summed E-state index contributed by atoms with van der Waals surface area (Å²) >= 11 is 0. The van der Waals surface area contributed by atoms with E-state index < -0.39 is 17.7 Å². The summed E-state index contributed by atoms with van der Waals surface area (Å²) in [7, 11) is 0. The van der Waals surface area contributed by atoms with Crippen molar-refractivity contribution in [1.29, 1.82) is 0 Å². The van der Waals surface area contributed by atoms with Gasteiger partial charge in [0.15, 0.2) is 0 Å². The number of carbonyl (C=O) groups excluding carboxylic acids is 2. The minimum Gasteiger partial charge on any atom is -0.872 e. The Morgan fingerprint density at radius 1 is 1.08 bits per heavy atom. The number of carbonyl (C=O) groups is 2. The Morgan fingerprint density at radius 2 is 1.81 bits per heavy atom. The van der Waals surface area contributed by atoms with Gasteiger partial charge in [-0.2, -0.15) is 0 Å². The third-order valence-corrected chi connectivity index (χ3v) is 7.26. The van der Waals surface area contributed by atoms with Gasteiger partial charge in [-0.05, 0) is 49.1 Å². The third kappa shape index (κ3) is 6.22. The molecular weight excluding hydrogens is 468 g/mol. The first-order valence-corrected chi connectivity index (χ1v) is 13.4. The number of quaternary nitrogens is 1. The summed E-state index contributed by atoms with van der Waals surface area (Å²) < 4.78 is 11.2. The van der Waals surface area contributed by atoms with Crippen LogP contribution >= 0.6 is 0 Å². The zero-order chi connectivity index (χ0) is 26.4. The van der Waals surface area contributed by atoms with E-state index in [0.29, 0.717) is 24.5 Å². The number of ether oxygens (including phenoxy) is 2. The van der Waals surface area contributed by atoms with E-state index in [1.54, 1.807) is 17.0 Å². The summed E-state index contributed by atoms with van der Waals surface area (Å²) in [5.41, 5.74) is 3.04. The van der Waals surface area contributed by atoms with Crippen molar-refractivity contribution >= 4 is 17.4 Å². The molecule has 0 bridgehead atoms. The Morgan fingerprint density at radius 3 is 2.49 bits per heavy atom. The molecule has 4 rings (SSSR count). The van der Waals surface area contributed by atoms with Crippen molar-refractivity contribution in [3.63, 3.8) is 0 Å². The van der Waals surface area contributed by atoms with Gasteiger partial charge in [-0.3, -0.25) is 9.59 Å². The molecule has 2 heterocycles. The monoisotopic (exact) mass is 506 g/mol. The molecular formula is C30H38N2O5. The molecule has 2 aliphatic rings. The van der Waals surface area contributed by atoms with E-state index >= 15 is 0 Å². The highest BCUT2D eigenvalue weighted by Gasteiger charge is 2.44. The Bertz CT molecular complexity index is 1140. The zero-order valence-corrected chi connectivity index (χ0v) is 22.2. The lowest BCUT2D eigenvalue weighted by atomic mass is 9.93. The van der Waals surface area contributed by atoms with Crippen molar-refractivity contribution in [3.8, 4) is 5.75 Å². The number of unbranched alkanes of at least 4 members (excludes halogenated alkanes) is 1. The van der Waals surface area contributed by atoms with Crippen molar-refractivity contribution in [1.82, 2.24) is 4.90 Å². The largest absolute Gasteiger partial charge is 0.872 e. The molecule has 0 saturated carbocycles. The second kappa shape index (κ2) is 12.4. The zero-order valence-electron chi connectivity index (χ0n) is 22.2. The predicted octanol–water partition coefficient (Wildman–Crippen LogP) is 2.01. The van der Waals surface area contributed by atoms with Gasteiger partial charge in [0.05, 0.1) is 32.4 Å². The van der Waals surface area contributed by atoms with E-state index in [0.717, 1.165) is 68.8 Å². The van der Waals surface area contributed by atoms with Crippen molar-refractivity contribution < 1.29 is 29.1 Å². The van der Waals surface area contributed by atoms with Crippen LogP contribution in [0.4, 0.5) is 0 Å². The first-order valence-electron chi connectivity index (χ1n) is 13.4. The fourth-order valence-electron chi connectivity index (χ4n) is 5.07. The number of benzene rings is 2. The van der Waals surface area contributed by atoms with Crippen LogP contribution in [0, 0.1) is 13.8 Å². The van der Waals surface area contributed by atoms with Crippen LogP contribution in [0.5, 0.6) is 5.75 Å². The standard InChI is InChI=1S/C30H38N2O5/c1-4-5-17-37-24-11-12-25(22(3)20-24)28(33)26-27(23-9-7-21(2)8-10-23)32(30(35)29(26)34)14-6-13-31-15-18-36-19-16-31/h7-12,20,27,33H,4-6,13-19H2,1-3H3. The fraction of sp³-hybridized carbons (Fsp3) is 0.467. The Kier molecular flexibility index (Phi) is 9.00. The van der Waals surface area contributed by atoms with Crippen LogP contribution in [-0.4, -0.2) is 62.6 Å². The number of morpholine rings is 1. The average molecular weight is 507 g/mol. The molecule has 2 fully saturated rings. The number of amides is 1. The minimum atomic E-state index is -0.697. The van der Waals surface area contributed by atoms with E-state index in [1.807, 2.05) is 44.2 Å². The molecule has 198 valence electrons. The van der Waals surface area contributed by atoms with Crippen molar-refractivity contribution in [3.05, 3.63) is 70.3 Å². The first-order chi connectivity index (χ1) is 17.9. The van der Waals surface area contributed by atoms with E-state index in [4.69, 9.17) is 9.47 Å². The van der Waals surface area contributed by atoms with Gasteiger partial charge in [-0.1, -0.05) is 55.0 Å². The number of aryl methyl sites for hydroxylation is 2. The van der Waals surface area contributed by atoms with Crippen LogP contribution in [-0.2, 0) is 14.3 Å². The molecule has 2 aliphatic heterocycles. The molecule has 1 amide bonds. The number of likely N-dealkylation sites (tertiary alicyclic amines) is 1. The second-order valence-corrected chi connectivity index (χ2v) is 10.0. The number of nitrogens with one attached hydrogen (secondary N) is 1. The molecule has 7 nitrogen and oxygen atoms in total. The van der Waals surface area contributed by atoms with Crippen LogP contribution in [0.25, 0.3) is 5.76 Å². The maximum absolute atomic E-state index is 13.8.